The highest BCUT2D eigenvalue weighted by Crippen LogP contribution is 2.47. The van der Waals surface area contributed by atoms with E-state index in [0.29, 0.717) is 29.3 Å². The Kier molecular flexibility index (Phi) is 8.15. The van der Waals surface area contributed by atoms with E-state index in [2.05, 4.69) is 75.8 Å². The summed E-state index contributed by atoms with van der Waals surface area (Å²) in [6.45, 7) is 3.84. The van der Waals surface area contributed by atoms with E-state index in [-0.39, 0.29) is 37.1 Å². The van der Waals surface area contributed by atoms with E-state index in [4.69, 9.17) is 0 Å². The van der Waals surface area contributed by atoms with Crippen molar-refractivity contribution in [1.29, 1.82) is 0 Å². The van der Waals surface area contributed by atoms with Gasteiger partial charge in [-0.25, -0.2) is 4.39 Å². The number of anilines is 1. The highest BCUT2D eigenvalue weighted by atomic mass is 19.1. The lowest BCUT2D eigenvalue weighted by atomic mass is 9.69. The number of halogens is 1. The van der Waals surface area contributed by atoms with Gasteiger partial charge in [-0.2, -0.15) is 0 Å². The van der Waals surface area contributed by atoms with Gasteiger partial charge in [0.05, 0.1) is 0 Å². The third kappa shape index (κ3) is 5.97. The summed E-state index contributed by atoms with van der Waals surface area (Å²) in [5.74, 6) is -0.711. The molecule has 3 atom stereocenters. The summed E-state index contributed by atoms with van der Waals surface area (Å²) in [5.41, 5.74) is 7.83. The molecule has 3 heterocycles. The molecule has 8 rings (SSSR count). The molecular weight excluding hydrogens is 619 g/mol. The summed E-state index contributed by atoms with van der Waals surface area (Å²) in [4.78, 5) is 43.1. The van der Waals surface area contributed by atoms with Crippen molar-refractivity contribution in [3.63, 3.8) is 0 Å². The number of hydrogen-bond acceptors (Lipinski definition) is 6. The minimum atomic E-state index is -0.718. The molecule has 3 aliphatic heterocycles. The summed E-state index contributed by atoms with van der Waals surface area (Å²) < 4.78 is 15.3. The number of imide groups is 1. The minimum Gasteiger partial charge on any atom is -0.508 e. The molecule has 2 N–H and O–H groups in total. The van der Waals surface area contributed by atoms with Crippen LogP contribution in [0.4, 0.5) is 10.1 Å². The molecule has 4 aromatic rings. The molecule has 4 aliphatic rings. The molecule has 250 valence electrons. The first kappa shape index (κ1) is 31.3. The number of aryl methyl sites for hydroxylation is 1. The lowest BCUT2D eigenvalue weighted by Gasteiger charge is -2.37. The number of nitrogens with one attached hydrogen (secondary N) is 1. The van der Waals surface area contributed by atoms with Crippen molar-refractivity contribution in [3.8, 4) is 5.75 Å². The predicted octanol–water partition coefficient (Wildman–Crippen LogP) is 5.48. The Hall–Kier alpha value is -5.02. The van der Waals surface area contributed by atoms with E-state index >= 15 is 4.39 Å². The van der Waals surface area contributed by atoms with Gasteiger partial charge in [0.2, 0.25) is 11.8 Å². The zero-order valence-electron chi connectivity index (χ0n) is 27.3. The van der Waals surface area contributed by atoms with E-state index < -0.39 is 17.8 Å². The van der Waals surface area contributed by atoms with E-state index in [1.807, 2.05) is 6.07 Å². The molecule has 2 fully saturated rings. The quantitative estimate of drug-likeness (QED) is 0.267. The molecule has 1 unspecified atom stereocenters. The van der Waals surface area contributed by atoms with Crippen molar-refractivity contribution in [2.75, 3.05) is 31.1 Å². The fourth-order valence-corrected chi connectivity index (χ4v) is 8.34. The van der Waals surface area contributed by atoms with Crippen molar-refractivity contribution < 1.29 is 23.9 Å². The number of nitrogens with zero attached hydrogens (tertiary/aromatic N) is 3. The first-order chi connectivity index (χ1) is 23.8. The standard InChI is InChI=1S/C40H39FN4O4/c41-35-22-34-28(24-45(40(34)49)36-14-15-37(47)42-39(36)48)20-29(35)23-43-16-18-44(19-17-43)30-9-6-26(7-10-30)38-32(25-4-2-1-3-5-25)12-8-27-21-31(46)11-13-33(27)38/h1-7,9-11,13,20-22,32,36,38,46H,8,12,14-19,23-24H2,(H,42,47,48)/t32-,36?,38+/m0/s1. The van der Waals surface area contributed by atoms with E-state index in [1.165, 1.54) is 33.2 Å². The van der Waals surface area contributed by atoms with Crippen LogP contribution in [-0.2, 0) is 29.1 Å². The van der Waals surface area contributed by atoms with Gasteiger partial charge in [0, 0.05) is 68.4 Å². The Morgan fingerprint density at radius 3 is 2.33 bits per heavy atom. The number of benzene rings is 4. The fourth-order valence-electron chi connectivity index (χ4n) is 8.34. The first-order valence-corrected chi connectivity index (χ1v) is 17.2. The van der Waals surface area contributed by atoms with Crippen molar-refractivity contribution >= 4 is 23.4 Å². The van der Waals surface area contributed by atoms with Crippen LogP contribution in [0.1, 0.15) is 74.8 Å². The number of carbonyl (C=O) groups is 3. The average Bonchev–Trinajstić information content (AvgIpc) is 3.42. The summed E-state index contributed by atoms with van der Waals surface area (Å²) >= 11 is 0. The second kappa shape index (κ2) is 12.8. The fraction of sp³-hybridized carbons (Fsp3) is 0.325. The normalized spacial score (nSPS) is 22.6. The highest BCUT2D eigenvalue weighted by molar-refractivity contribution is 6.05. The molecule has 9 heteroatoms. The van der Waals surface area contributed by atoms with E-state index in [1.54, 1.807) is 12.1 Å². The molecule has 4 aromatic carbocycles. The molecule has 3 amide bonds. The topological polar surface area (TPSA) is 93.2 Å². The number of piperazine rings is 1. The van der Waals surface area contributed by atoms with Crippen molar-refractivity contribution in [3.05, 3.63) is 130 Å². The summed E-state index contributed by atoms with van der Waals surface area (Å²) in [5, 5.41) is 12.5. The van der Waals surface area contributed by atoms with Gasteiger partial charge < -0.3 is 14.9 Å². The Morgan fingerprint density at radius 2 is 1.57 bits per heavy atom. The van der Waals surface area contributed by atoms with Crippen LogP contribution in [0.3, 0.4) is 0 Å². The molecular formula is C40H39FN4O4. The molecule has 2 saturated heterocycles. The van der Waals surface area contributed by atoms with Gasteiger partial charge in [0.1, 0.15) is 17.6 Å². The molecule has 0 saturated carbocycles. The number of phenolic OH excluding ortho intramolecular Hbond substituents is 1. The Bertz CT molecular complexity index is 1920. The van der Waals surface area contributed by atoms with Crippen LogP contribution >= 0.6 is 0 Å². The molecule has 0 radical (unpaired) electrons. The van der Waals surface area contributed by atoms with Crippen LogP contribution in [0, 0.1) is 5.82 Å². The van der Waals surface area contributed by atoms with Gasteiger partial charge in [-0.3, -0.25) is 24.6 Å². The Labute approximate surface area is 285 Å². The second-order valence-electron chi connectivity index (χ2n) is 13.8. The Morgan fingerprint density at radius 1 is 0.796 bits per heavy atom. The SMILES string of the molecule is O=C1CCC(N2Cc3cc(CN4CCN(c5ccc([C@H]6c7ccc(O)cc7CC[C@H]6c6ccccc6)cc5)CC4)c(F)cc3C2=O)C(=O)N1. The van der Waals surface area contributed by atoms with Gasteiger partial charge in [-0.1, -0.05) is 48.5 Å². The maximum Gasteiger partial charge on any atom is 0.255 e. The summed E-state index contributed by atoms with van der Waals surface area (Å²) in [7, 11) is 0. The van der Waals surface area contributed by atoms with Crippen LogP contribution in [0.2, 0.25) is 0 Å². The Balaban J connectivity index is 0.933. The zero-order valence-corrected chi connectivity index (χ0v) is 27.3. The molecule has 1 aliphatic carbocycles. The van der Waals surface area contributed by atoms with Crippen LogP contribution in [0.25, 0.3) is 0 Å². The third-order valence-corrected chi connectivity index (χ3v) is 10.9. The minimum absolute atomic E-state index is 0.183. The number of phenols is 1. The number of piperidine rings is 1. The molecule has 8 nitrogen and oxygen atoms in total. The number of aromatic hydroxyl groups is 1. The number of amides is 3. The van der Waals surface area contributed by atoms with Crippen molar-refractivity contribution in [2.45, 2.75) is 56.7 Å². The maximum absolute atomic E-state index is 15.3. The number of hydrogen-bond donors (Lipinski definition) is 2. The largest absolute Gasteiger partial charge is 0.508 e. The lowest BCUT2D eigenvalue weighted by Crippen LogP contribution is -2.52. The number of rotatable bonds is 6. The van der Waals surface area contributed by atoms with Crippen LogP contribution in [-0.4, -0.2) is 64.8 Å². The second-order valence-corrected chi connectivity index (χ2v) is 13.8. The maximum atomic E-state index is 15.3. The van der Waals surface area contributed by atoms with Gasteiger partial charge >= 0.3 is 0 Å². The number of carbonyl (C=O) groups excluding carboxylic acids is 3. The monoisotopic (exact) mass is 658 g/mol. The molecule has 49 heavy (non-hydrogen) atoms. The van der Waals surface area contributed by atoms with Gasteiger partial charge in [-0.05, 0) is 89.4 Å². The average molecular weight is 659 g/mol. The first-order valence-electron chi connectivity index (χ1n) is 17.2. The predicted molar refractivity (Wildman–Crippen MR) is 184 cm³/mol. The number of fused-ring (bicyclic) bond motifs is 2. The molecule has 0 bridgehead atoms. The third-order valence-electron chi connectivity index (χ3n) is 10.9. The smallest absolute Gasteiger partial charge is 0.255 e. The summed E-state index contributed by atoms with van der Waals surface area (Å²) in [6, 6.07) is 27.8. The van der Waals surface area contributed by atoms with E-state index in [0.717, 1.165) is 50.3 Å². The van der Waals surface area contributed by atoms with Crippen LogP contribution in [0.5, 0.6) is 5.75 Å². The van der Waals surface area contributed by atoms with E-state index in [9.17, 15) is 19.5 Å². The van der Waals surface area contributed by atoms with Crippen molar-refractivity contribution in [2.24, 2.45) is 0 Å². The van der Waals surface area contributed by atoms with Gasteiger partial charge in [0.15, 0.2) is 0 Å². The summed E-state index contributed by atoms with van der Waals surface area (Å²) in [6.07, 6.45) is 2.42. The van der Waals surface area contributed by atoms with Crippen LogP contribution < -0.4 is 10.2 Å². The molecule has 0 aromatic heterocycles. The van der Waals surface area contributed by atoms with Crippen LogP contribution in [0.15, 0.2) is 84.9 Å². The zero-order chi connectivity index (χ0) is 33.6. The van der Waals surface area contributed by atoms with Crippen molar-refractivity contribution in [1.82, 2.24) is 15.1 Å². The van der Waals surface area contributed by atoms with Gasteiger partial charge in [0.25, 0.3) is 5.91 Å². The molecule has 0 spiro atoms. The van der Waals surface area contributed by atoms with Gasteiger partial charge in [-0.15, -0.1) is 0 Å². The highest BCUT2D eigenvalue weighted by Gasteiger charge is 2.40. The lowest BCUT2D eigenvalue weighted by molar-refractivity contribution is -0.136.